The van der Waals surface area contributed by atoms with Crippen molar-refractivity contribution >= 4 is 17.9 Å². The molecule has 0 amide bonds. The predicted octanol–water partition coefficient (Wildman–Crippen LogP) is 0.301. The highest BCUT2D eigenvalue weighted by molar-refractivity contribution is 5.59. The van der Waals surface area contributed by atoms with E-state index in [-0.39, 0.29) is 6.04 Å². The summed E-state index contributed by atoms with van der Waals surface area (Å²) < 4.78 is 0. The number of hydrogen-bond donors (Lipinski definition) is 1. The van der Waals surface area contributed by atoms with E-state index in [4.69, 9.17) is 5.73 Å². The first kappa shape index (κ1) is 12.3. The summed E-state index contributed by atoms with van der Waals surface area (Å²) in [4.78, 5) is 24.1. The van der Waals surface area contributed by atoms with Crippen LogP contribution >= 0.6 is 0 Å². The molecular formula is C13H19N5O. The summed E-state index contributed by atoms with van der Waals surface area (Å²) in [5.41, 5.74) is 5.89. The summed E-state index contributed by atoms with van der Waals surface area (Å²) in [6.07, 6.45) is 7.63. The highest BCUT2D eigenvalue weighted by atomic mass is 16.1. The van der Waals surface area contributed by atoms with Gasteiger partial charge in [-0.2, -0.15) is 0 Å². The van der Waals surface area contributed by atoms with Gasteiger partial charge in [0.2, 0.25) is 0 Å². The summed E-state index contributed by atoms with van der Waals surface area (Å²) >= 11 is 0. The van der Waals surface area contributed by atoms with Crippen molar-refractivity contribution in [1.29, 1.82) is 0 Å². The highest BCUT2D eigenvalue weighted by Crippen LogP contribution is 2.28. The number of piperidine rings is 1. The van der Waals surface area contributed by atoms with Gasteiger partial charge in [-0.15, -0.1) is 0 Å². The smallest absolute Gasteiger partial charge is 0.171 e. The number of nitrogens with zero attached hydrogens (tertiary/aromatic N) is 4. The number of rotatable bonds is 2. The topological polar surface area (TPSA) is 75.3 Å². The molecule has 2 N–H and O–H groups in total. The summed E-state index contributed by atoms with van der Waals surface area (Å²) in [5, 5.41) is 0. The van der Waals surface area contributed by atoms with Crippen LogP contribution in [0.25, 0.3) is 0 Å². The third-order valence-corrected chi connectivity index (χ3v) is 4.15. The van der Waals surface area contributed by atoms with E-state index in [0.717, 1.165) is 51.0 Å². The number of nitrogens with two attached hydrogens (primary N) is 1. The molecule has 1 aromatic heterocycles. The second-order valence-electron chi connectivity index (χ2n) is 5.24. The molecule has 0 aromatic carbocycles. The zero-order chi connectivity index (χ0) is 13.2. The minimum Gasteiger partial charge on any atom is -0.381 e. The van der Waals surface area contributed by atoms with Gasteiger partial charge in [-0.1, -0.05) is 0 Å². The van der Waals surface area contributed by atoms with E-state index < -0.39 is 0 Å². The molecular weight excluding hydrogens is 242 g/mol. The summed E-state index contributed by atoms with van der Waals surface area (Å²) in [7, 11) is 0. The average Bonchev–Trinajstić information content (AvgIpc) is 2.46. The predicted molar refractivity (Wildman–Crippen MR) is 72.9 cm³/mol. The van der Waals surface area contributed by atoms with Crippen molar-refractivity contribution < 1.29 is 4.79 Å². The van der Waals surface area contributed by atoms with Gasteiger partial charge in [-0.25, -0.2) is 9.97 Å². The van der Waals surface area contributed by atoms with E-state index in [9.17, 15) is 4.79 Å². The van der Waals surface area contributed by atoms with Crippen LogP contribution in [0.5, 0.6) is 0 Å². The zero-order valence-corrected chi connectivity index (χ0v) is 10.9. The van der Waals surface area contributed by atoms with Crippen LogP contribution < -0.4 is 10.6 Å². The number of piperazine rings is 1. The second kappa shape index (κ2) is 5.13. The maximum Gasteiger partial charge on any atom is 0.171 e. The molecule has 6 heteroatoms. The third-order valence-electron chi connectivity index (χ3n) is 4.15. The number of hydrogen-bond acceptors (Lipinski definition) is 6. The number of carbonyl (C=O) groups excluding carboxylic acids is 1. The Morgan fingerprint density at radius 1 is 1.26 bits per heavy atom. The van der Waals surface area contributed by atoms with Crippen LogP contribution in [0.1, 0.15) is 19.3 Å². The van der Waals surface area contributed by atoms with Crippen LogP contribution in [0.3, 0.4) is 0 Å². The normalized spacial score (nSPS) is 27.9. The van der Waals surface area contributed by atoms with Crippen molar-refractivity contribution in [3.63, 3.8) is 0 Å². The molecule has 2 fully saturated rings. The van der Waals surface area contributed by atoms with E-state index in [1.165, 1.54) is 0 Å². The van der Waals surface area contributed by atoms with Crippen molar-refractivity contribution in [2.75, 3.05) is 30.3 Å². The van der Waals surface area contributed by atoms with Crippen LogP contribution in [-0.4, -0.2) is 52.9 Å². The largest absolute Gasteiger partial charge is 0.381 e. The molecule has 3 rings (SSSR count). The Hall–Kier alpha value is -1.69. The summed E-state index contributed by atoms with van der Waals surface area (Å²) in [6.45, 7) is 2.63. The van der Waals surface area contributed by atoms with Crippen molar-refractivity contribution in [1.82, 2.24) is 14.9 Å². The molecule has 2 atom stereocenters. The van der Waals surface area contributed by atoms with Gasteiger partial charge < -0.3 is 15.4 Å². The average molecular weight is 261 g/mol. The monoisotopic (exact) mass is 261 g/mol. The van der Waals surface area contributed by atoms with Gasteiger partial charge in [-0.05, 0) is 19.3 Å². The summed E-state index contributed by atoms with van der Waals surface area (Å²) in [6, 6.07) is 0.527. The Labute approximate surface area is 112 Å². The molecule has 102 valence electrons. The van der Waals surface area contributed by atoms with E-state index in [0.29, 0.717) is 11.9 Å². The second-order valence-corrected chi connectivity index (χ2v) is 5.24. The fraction of sp³-hybridized carbons (Fsp3) is 0.615. The van der Waals surface area contributed by atoms with Gasteiger partial charge in [0.05, 0.1) is 6.04 Å². The first-order valence-electron chi connectivity index (χ1n) is 6.82. The number of fused-ring (bicyclic) bond motifs is 1. The van der Waals surface area contributed by atoms with Gasteiger partial charge >= 0.3 is 0 Å². The van der Waals surface area contributed by atoms with Crippen molar-refractivity contribution in [3.8, 4) is 0 Å². The number of anilines is 2. The molecule has 2 saturated heterocycles. The molecule has 19 heavy (non-hydrogen) atoms. The molecule has 6 nitrogen and oxygen atoms in total. The fourth-order valence-electron chi connectivity index (χ4n) is 3.22. The number of carbonyl (C=O) groups is 1. The number of nitrogen functional groups attached to an aromatic ring is 1. The Bertz CT molecular complexity index is 466. The Morgan fingerprint density at radius 2 is 2.11 bits per heavy atom. The molecule has 0 aliphatic carbocycles. The van der Waals surface area contributed by atoms with Gasteiger partial charge in [0.1, 0.15) is 6.29 Å². The Morgan fingerprint density at radius 3 is 2.89 bits per heavy atom. The van der Waals surface area contributed by atoms with Gasteiger partial charge in [0.15, 0.2) is 11.6 Å². The zero-order valence-electron chi connectivity index (χ0n) is 10.9. The fourth-order valence-corrected chi connectivity index (χ4v) is 3.22. The lowest BCUT2D eigenvalue weighted by atomic mass is 9.94. The maximum absolute atomic E-state index is 11.1. The van der Waals surface area contributed by atoms with Gasteiger partial charge in [-0.3, -0.25) is 4.90 Å². The third kappa shape index (κ3) is 2.28. The summed E-state index contributed by atoms with van der Waals surface area (Å²) in [5.74, 6) is 1.26. The van der Waals surface area contributed by atoms with Crippen molar-refractivity contribution in [3.05, 3.63) is 12.4 Å². The molecule has 0 bridgehead atoms. The van der Waals surface area contributed by atoms with Crippen LogP contribution in [0, 0.1) is 0 Å². The number of aldehydes is 1. The van der Waals surface area contributed by atoms with Crippen LogP contribution in [0.15, 0.2) is 12.4 Å². The first-order chi connectivity index (χ1) is 9.29. The lowest BCUT2D eigenvalue weighted by Crippen LogP contribution is -2.59. The van der Waals surface area contributed by atoms with Crippen molar-refractivity contribution in [2.24, 2.45) is 0 Å². The van der Waals surface area contributed by atoms with Crippen LogP contribution in [-0.2, 0) is 4.79 Å². The van der Waals surface area contributed by atoms with Crippen molar-refractivity contribution in [2.45, 2.75) is 31.3 Å². The van der Waals surface area contributed by atoms with E-state index in [2.05, 4.69) is 19.8 Å². The van der Waals surface area contributed by atoms with E-state index >= 15 is 0 Å². The Kier molecular flexibility index (Phi) is 3.33. The molecule has 0 radical (unpaired) electrons. The van der Waals surface area contributed by atoms with Gasteiger partial charge in [0.25, 0.3) is 0 Å². The molecule has 0 saturated carbocycles. The molecule has 0 unspecified atom stereocenters. The van der Waals surface area contributed by atoms with Gasteiger partial charge in [0, 0.05) is 38.1 Å². The highest BCUT2D eigenvalue weighted by Gasteiger charge is 2.35. The number of aromatic nitrogens is 2. The molecule has 0 spiro atoms. The molecule has 1 aromatic rings. The van der Waals surface area contributed by atoms with E-state index in [1.807, 2.05) is 0 Å². The van der Waals surface area contributed by atoms with Crippen LogP contribution in [0.2, 0.25) is 0 Å². The Balaban J connectivity index is 1.76. The molecule has 2 aliphatic rings. The SMILES string of the molecule is Nc1nccnc1N1CCN2[C@@H](CCC[C@@H]2C=O)C1. The quantitative estimate of drug-likeness (QED) is 0.772. The maximum atomic E-state index is 11.1. The van der Waals surface area contributed by atoms with Crippen LogP contribution in [0.4, 0.5) is 11.6 Å². The standard InChI is InChI=1S/C13H19N5O/c14-12-13(16-5-4-15-12)17-6-7-18-10(8-17)2-1-3-11(18)9-19/h4-5,9-11H,1-3,6-8H2,(H2,14,15)/t10-,11+/m0/s1. The molecule has 2 aliphatic heterocycles. The minimum absolute atomic E-state index is 0.0973. The first-order valence-corrected chi connectivity index (χ1v) is 6.82. The lowest BCUT2D eigenvalue weighted by Gasteiger charge is -2.47. The lowest BCUT2D eigenvalue weighted by molar-refractivity contribution is -0.115. The molecule has 3 heterocycles. The van der Waals surface area contributed by atoms with E-state index in [1.54, 1.807) is 12.4 Å². The minimum atomic E-state index is 0.0973.